The van der Waals surface area contributed by atoms with Gasteiger partial charge in [-0.05, 0) is 28.2 Å². The minimum absolute atomic E-state index is 0.362. The highest BCUT2D eigenvalue weighted by molar-refractivity contribution is 4.81. The van der Waals surface area contributed by atoms with E-state index in [1.807, 2.05) is 21.1 Å². The highest BCUT2D eigenvalue weighted by atomic mass is 15.6. The molecule has 1 aliphatic rings. The van der Waals surface area contributed by atoms with E-state index < -0.39 is 0 Å². The lowest BCUT2D eigenvalue weighted by atomic mass is 10.2. The first-order chi connectivity index (χ1) is 6.22. The zero-order valence-corrected chi connectivity index (χ0v) is 8.96. The van der Waals surface area contributed by atoms with Crippen molar-refractivity contribution < 1.29 is 0 Å². The van der Waals surface area contributed by atoms with E-state index in [2.05, 4.69) is 33.0 Å². The topological polar surface area (TPSA) is 42.6 Å². The van der Waals surface area contributed by atoms with E-state index in [-0.39, 0.29) is 0 Å². The number of piperazine rings is 1. The summed E-state index contributed by atoms with van der Waals surface area (Å²) in [5.74, 6) is 0. The van der Waals surface area contributed by atoms with E-state index in [9.17, 15) is 0 Å². The first-order valence-corrected chi connectivity index (χ1v) is 4.71. The molecule has 1 fully saturated rings. The maximum atomic E-state index is 3.28. The van der Waals surface area contributed by atoms with Crippen LogP contribution in [0.1, 0.15) is 0 Å². The molecule has 0 aromatic rings. The van der Waals surface area contributed by atoms with Crippen molar-refractivity contribution in [1.82, 2.24) is 26.0 Å². The minimum atomic E-state index is 0.362. The molecule has 0 aliphatic carbocycles. The summed E-state index contributed by atoms with van der Waals surface area (Å²) in [6.07, 6.45) is 0.724. The third-order valence-electron chi connectivity index (χ3n) is 2.57. The first-order valence-electron chi connectivity index (χ1n) is 4.71. The fourth-order valence-corrected chi connectivity index (χ4v) is 1.83. The van der Waals surface area contributed by atoms with Crippen LogP contribution in [0.15, 0.2) is 0 Å². The summed E-state index contributed by atoms with van der Waals surface area (Å²) in [6, 6.07) is 0. The van der Waals surface area contributed by atoms with Gasteiger partial charge in [0.1, 0.15) is 0 Å². The highest BCUT2D eigenvalue weighted by Gasteiger charge is 2.30. The third kappa shape index (κ3) is 2.38. The molecule has 1 heterocycles. The zero-order chi connectivity index (χ0) is 9.84. The molecule has 1 aliphatic heterocycles. The third-order valence-corrected chi connectivity index (χ3v) is 2.57. The monoisotopic (exact) mass is 187 g/mol. The molecule has 0 bridgehead atoms. The number of nitrogens with one attached hydrogen (secondary N) is 3. The number of hydrazine groups is 1. The molecule has 0 amide bonds. The summed E-state index contributed by atoms with van der Waals surface area (Å²) in [4.78, 5) is 2.32. The van der Waals surface area contributed by atoms with Gasteiger partial charge in [0.05, 0.1) is 12.3 Å². The van der Waals surface area contributed by atoms with Gasteiger partial charge in [-0.1, -0.05) is 0 Å². The van der Waals surface area contributed by atoms with Crippen molar-refractivity contribution >= 4 is 0 Å². The van der Waals surface area contributed by atoms with Gasteiger partial charge in [-0.2, -0.15) is 0 Å². The zero-order valence-electron chi connectivity index (χ0n) is 8.96. The highest BCUT2D eigenvalue weighted by Crippen LogP contribution is 2.07. The van der Waals surface area contributed by atoms with E-state index >= 15 is 0 Å². The molecule has 78 valence electrons. The van der Waals surface area contributed by atoms with Gasteiger partial charge in [0.2, 0.25) is 0 Å². The van der Waals surface area contributed by atoms with Crippen molar-refractivity contribution in [3.05, 3.63) is 0 Å². The Morgan fingerprint density at radius 2 is 1.46 bits per heavy atom. The molecule has 2 atom stereocenters. The Bertz CT molecular complexity index is 137. The second-order valence-corrected chi connectivity index (χ2v) is 3.46. The molecule has 0 aromatic heterocycles. The van der Waals surface area contributed by atoms with Crippen LogP contribution < -0.4 is 16.1 Å². The van der Waals surface area contributed by atoms with Crippen LogP contribution >= 0.6 is 0 Å². The van der Waals surface area contributed by atoms with E-state index in [1.165, 1.54) is 0 Å². The molecule has 5 nitrogen and oxygen atoms in total. The van der Waals surface area contributed by atoms with Crippen molar-refractivity contribution in [3.63, 3.8) is 0 Å². The second kappa shape index (κ2) is 4.88. The van der Waals surface area contributed by atoms with Crippen LogP contribution in [0.5, 0.6) is 0 Å². The number of rotatable bonds is 3. The molecule has 13 heavy (non-hydrogen) atoms. The molecular weight excluding hydrogens is 166 g/mol. The molecule has 2 unspecified atom stereocenters. The van der Waals surface area contributed by atoms with Crippen molar-refractivity contribution in [3.8, 4) is 0 Å². The van der Waals surface area contributed by atoms with Crippen LogP contribution in [0.3, 0.4) is 0 Å². The van der Waals surface area contributed by atoms with Gasteiger partial charge >= 0.3 is 0 Å². The summed E-state index contributed by atoms with van der Waals surface area (Å²) in [7, 11) is 8.07. The Hall–Kier alpha value is -0.200. The Morgan fingerprint density at radius 3 is 1.77 bits per heavy atom. The van der Waals surface area contributed by atoms with Crippen LogP contribution in [-0.4, -0.2) is 63.5 Å². The normalized spacial score (nSPS) is 32.3. The van der Waals surface area contributed by atoms with E-state index in [0.717, 1.165) is 13.1 Å². The van der Waals surface area contributed by atoms with Gasteiger partial charge in [0.15, 0.2) is 0 Å². The molecule has 0 spiro atoms. The van der Waals surface area contributed by atoms with Crippen molar-refractivity contribution in [1.29, 1.82) is 0 Å². The number of hydrogen-bond donors (Lipinski definition) is 3. The van der Waals surface area contributed by atoms with Gasteiger partial charge in [-0.15, -0.1) is 0 Å². The summed E-state index contributed by atoms with van der Waals surface area (Å²) in [6.45, 7) is 2.07. The van der Waals surface area contributed by atoms with Crippen molar-refractivity contribution in [2.24, 2.45) is 0 Å². The lowest BCUT2D eigenvalue weighted by Gasteiger charge is -2.44. The maximum absolute atomic E-state index is 3.28. The SMILES string of the molecule is CNC1CN(C)CC(NC)N1NC. The van der Waals surface area contributed by atoms with Crippen molar-refractivity contribution in [2.75, 3.05) is 41.3 Å². The lowest BCUT2D eigenvalue weighted by Crippen LogP contribution is -2.68. The van der Waals surface area contributed by atoms with Crippen LogP contribution in [0, 0.1) is 0 Å². The molecule has 3 N–H and O–H groups in total. The Labute approximate surface area is 80.4 Å². The molecule has 0 aromatic carbocycles. The molecule has 5 heteroatoms. The van der Waals surface area contributed by atoms with Gasteiger partial charge < -0.3 is 15.5 Å². The largest absolute Gasteiger partial charge is 0.303 e. The number of hydrogen-bond acceptors (Lipinski definition) is 5. The van der Waals surface area contributed by atoms with Crippen LogP contribution in [0.4, 0.5) is 0 Å². The Balaban J connectivity index is 2.61. The molecule has 1 rings (SSSR count). The number of likely N-dealkylation sites (N-methyl/N-ethyl adjacent to an activating group) is 3. The summed E-state index contributed by atoms with van der Waals surface area (Å²) < 4.78 is 0. The van der Waals surface area contributed by atoms with E-state index in [4.69, 9.17) is 0 Å². The summed E-state index contributed by atoms with van der Waals surface area (Å²) >= 11 is 0. The van der Waals surface area contributed by atoms with E-state index in [0.29, 0.717) is 12.3 Å². The number of nitrogens with zero attached hydrogens (tertiary/aromatic N) is 2. The van der Waals surface area contributed by atoms with Crippen LogP contribution in [0.25, 0.3) is 0 Å². The maximum Gasteiger partial charge on any atom is 0.0877 e. The van der Waals surface area contributed by atoms with Gasteiger partial charge in [-0.25, -0.2) is 5.01 Å². The predicted molar refractivity (Wildman–Crippen MR) is 54.1 cm³/mol. The lowest BCUT2D eigenvalue weighted by molar-refractivity contribution is -0.0220. The van der Waals surface area contributed by atoms with Gasteiger partial charge in [0, 0.05) is 13.1 Å². The fraction of sp³-hybridized carbons (Fsp3) is 1.00. The quantitative estimate of drug-likeness (QED) is 0.500. The first kappa shape index (κ1) is 10.9. The fourth-order valence-electron chi connectivity index (χ4n) is 1.83. The van der Waals surface area contributed by atoms with Gasteiger partial charge in [0.25, 0.3) is 0 Å². The average Bonchev–Trinajstić information content (AvgIpc) is 2.16. The average molecular weight is 187 g/mol. The molecule has 0 radical (unpaired) electrons. The van der Waals surface area contributed by atoms with Gasteiger partial charge in [-0.3, -0.25) is 5.43 Å². The molecular formula is C8H21N5. The summed E-state index contributed by atoms with van der Waals surface area (Å²) in [5.41, 5.74) is 3.21. The predicted octanol–water partition coefficient (Wildman–Crippen LogP) is -1.54. The Kier molecular flexibility index (Phi) is 4.08. The summed E-state index contributed by atoms with van der Waals surface area (Å²) in [5, 5.41) is 8.77. The smallest absolute Gasteiger partial charge is 0.0877 e. The van der Waals surface area contributed by atoms with Crippen molar-refractivity contribution in [2.45, 2.75) is 12.3 Å². The molecule has 1 saturated heterocycles. The van der Waals surface area contributed by atoms with E-state index in [1.54, 1.807) is 0 Å². The standard InChI is InChI=1S/C8H21N5/c1-9-7-5-12(4)6-8(10-2)13(7)11-3/h7-11H,5-6H2,1-4H3. The van der Waals surface area contributed by atoms with Crippen LogP contribution in [0.2, 0.25) is 0 Å². The molecule has 0 saturated carbocycles. The second-order valence-electron chi connectivity index (χ2n) is 3.46. The Morgan fingerprint density at radius 1 is 1.00 bits per heavy atom. The van der Waals surface area contributed by atoms with Crippen LogP contribution in [-0.2, 0) is 0 Å². The minimum Gasteiger partial charge on any atom is -0.303 e.